The van der Waals surface area contributed by atoms with E-state index in [-0.39, 0.29) is 0 Å². The van der Waals surface area contributed by atoms with Crippen LogP contribution in [-0.4, -0.2) is 24.2 Å². The summed E-state index contributed by atoms with van der Waals surface area (Å²) in [5.74, 6) is 1.23. The zero-order valence-electron chi connectivity index (χ0n) is 12.9. The van der Waals surface area contributed by atoms with Crippen LogP contribution in [0.2, 0.25) is 0 Å². The quantitative estimate of drug-likeness (QED) is 0.914. The molecule has 0 unspecified atom stereocenters. The zero-order chi connectivity index (χ0) is 14.7. The molecule has 2 aromatic rings. The Labute approximate surface area is 126 Å². The number of hydrogen-bond acceptors (Lipinski definition) is 3. The minimum atomic E-state index is 0.406. The number of nitrogens with one attached hydrogen (secondary N) is 1. The van der Waals surface area contributed by atoms with Crippen LogP contribution in [0.4, 0.5) is 0 Å². The van der Waals surface area contributed by atoms with E-state index in [0.717, 1.165) is 19.7 Å². The van der Waals surface area contributed by atoms with Gasteiger partial charge in [-0.3, -0.25) is 4.98 Å². The van der Waals surface area contributed by atoms with Crippen molar-refractivity contribution in [1.82, 2.24) is 10.3 Å². The van der Waals surface area contributed by atoms with Crippen LogP contribution in [0.5, 0.6) is 0 Å². The summed E-state index contributed by atoms with van der Waals surface area (Å²) in [6.45, 7) is 7.29. The minimum absolute atomic E-state index is 0.406. The molecule has 1 aliphatic heterocycles. The average Bonchev–Trinajstić information content (AvgIpc) is 2.96. The van der Waals surface area contributed by atoms with Gasteiger partial charge in [0.2, 0.25) is 0 Å². The summed E-state index contributed by atoms with van der Waals surface area (Å²) in [6.07, 6.45) is 5.48. The molecule has 3 heteroatoms. The van der Waals surface area contributed by atoms with Crippen molar-refractivity contribution in [2.45, 2.75) is 32.9 Å². The highest BCUT2D eigenvalue weighted by atomic mass is 16.5. The number of benzene rings is 1. The number of ether oxygens (including phenoxy) is 1. The van der Waals surface area contributed by atoms with Gasteiger partial charge in [0.15, 0.2) is 0 Å². The van der Waals surface area contributed by atoms with Gasteiger partial charge in [-0.05, 0) is 29.2 Å². The second-order valence-electron chi connectivity index (χ2n) is 6.28. The summed E-state index contributed by atoms with van der Waals surface area (Å²) in [6, 6.07) is 8.44. The van der Waals surface area contributed by atoms with Crippen LogP contribution in [0.1, 0.15) is 25.8 Å². The van der Waals surface area contributed by atoms with E-state index >= 15 is 0 Å². The fourth-order valence-electron chi connectivity index (χ4n) is 3.32. The molecular formula is C18H24N2O. The van der Waals surface area contributed by atoms with E-state index < -0.39 is 0 Å². The van der Waals surface area contributed by atoms with Gasteiger partial charge in [-0.1, -0.05) is 38.1 Å². The minimum Gasteiger partial charge on any atom is -0.378 e. The maximum atomic E-state index is 5.85. The fraction of sp³-hybridized carbons (Fsp3) is 0.500. The number of nitrogens with zero attached hydrogens (tertiary/aromatic N) is 1. The summed E-state index contributed by atoms with van der Waals surface area (Å²) in [5, 5.41) is 6.10. The molecule has 3 nitrogen and oxygen atoms in total. The van der Waals surface area contributed by atoms with Crippen molar-refractivity contribution in [1.29, 1.82) is 0 Å². The topological polar surface area (TPSA) is 34.1 Å². The maximum Gasteiger partial charge on any atom is 0.0639 e. The predicted molar refractivity (Wildman–Crippen MR) is 86.1 cm³/mol. The third-order valence-electron chi connectivity index (χ3n) is 4.39. The Balaban J connectivity index is 1.62. The molecule has 1 aliphatic rings. The van der Waals surface area contributed by atoms with Crippen LogP contribution in [0.15, 0.2) is 36.7 Å². The first-order valence-corrected chi connectivity index (χ1v) is 7.89. The molecule has 112 valence electrons. The van der Waals surface area contributed by atoms with E-state index in [0.29, 0.717) is 17.9 Å². The molecule has 0 bridgehead atoms. The molecule has 0 radical (unpaired) electrons. The highest BCUT2D eigenvalue weighted by Gasteiger charge is 2.30. The Morgan fingerprint density at radius 1 is 1.29 bits per heavy atom. The molecule has 1 saturated heterocycles. The summed E-state index contributed by atoms with van der Waals surface area (Å²) in [4.78, 5) is 4.34. The lowest BCUT2D eigenvalue weighted by Gasteiger charge is -2.22. The third kappa shape index (κ3) is 3.25. The third-order valence-corrected chi connectivity index (χ3v) is 4.39. The molecule has 1 fully saturated rings. The molecule has 1 aromatic heterocycles. The highest BCUT2D eigenvalue weighted by molar-refractivity contribution is 5.84. The van der Waals surface area contributed by atoms with Crippen LogP contribution in [-0.2, 0) is 11.3 Å². The number of rotatable bonds is 5. The number of pyridine rings is 1. The van der Waals surface area contributed by atoms with Gasteiger partial charge >= 0.3 is 0 Å². The first-order chi connectivity index (χ1) is 10.3. The largest absolute Gasteiger partial charge is 0.378 e. The van der Waals surface area contributed by atoms with E-state index in [2.05, 4.69) is 48.4 Å². The molecular weight excluding hydrogens is 260 g/mol. The SMILES string of the molecule is CC(C)[C@H]1OCC[C@@H]1CNCc1cncc2ccccc12. The van der Waals surface area contributed by atoms with Gasteiger partial charge in [0, 0.05) is 37.5 Å². The van der Waals surface area contributed by atoms with Crippen LogP contribution in [0, 0.1) is 11.8 Å². The van der Waals surface area contributed by atoms with Crippen molar-refractivity contribution in [3.8, 4) is 0 Å². The molecule has 3 rings (SSSR count). The Morgan fingerprint density at radius 2 is 2.14 bits per heavy atom. The fourth-order valence-corrected chi connectivity index (χ4v) is 3.32. The maximum absolute atomic E-state index is 5.85. The van der Waals surface area contributed by atoms with Crippen LogP contribution < -0.4 is 5.32 Å². The Bertz CT molecular complexity index is 591. The monoisotopic (exact) mass is 284 g/mol. The van der Waals surface area contributed by atoms with Gasteiger partial charge in [0.25, 0.3) is 0 Å². The summed E-state index contributed by atoms with van der Waals surface area (Å²) < 4.78 is 5.85. The first kappa shape index (κ1) is 14.5. The smallest absolute Gasteiger partial charge is 0.0639 e. The molecule has 0 amide bonds. The molecule has 0 spiro atoms. The summed E-state index contributed by atoms with van der Waals surface area (Å²) in [5.41, 5.74) is 1.27. The van der Waals surface area contributed by atoms with Gasteiger partial charge in [-0.15, -0.1) is 0 Å². The van der Waals surface area contributed by atoms with Gasteiger partial charge in [-0.25, -0.2) is 0 Å². The van der Waals surface area contributed by atoms with Gasteiger partial charge in [-0.2, -0.15) is 0 Å². The molecule has 2 heterocycles. The lowest BCUT2D eigenvalue weighted by molar-refractivity contribution is 0.0539. The van der Waals surface area contributed by atoms with Gasteiger partial charge < -0.3 is 10.1 Å². The van der Waals surface area contributed by atoms with Crippen LogP contribution >= 0.6 is 0 Å². The average molecular weight is 284 g/mol. The van der Waals surface area contributed by atoms with Crippen molar-refractivity contribution in [3.63, 3.8) is 0 Å². The normalized spacial score (nSPS) is 22.2. The molecule has 21 heavy (non-hydrogen) atoms. The van der Waals surface area contributed by atoms with Crippen LogP contribution in [0.3, 0.4) is 0 Å². The first-order valence-electron chi connectivity index (χ1n) is 7.89. The Morgan fingerprint density at radius 3 is 3.00 bits per heavy atom. The van der Waals surface area contributed by atoms with Crippen molar-refractivity contribution >= 4 is 10.8 Å². The van der Waals surface area contributed by atoms with Crippen molar-refractivity contribution in [2.24, 2.45) is 11.8 Å². The Kier molecular flexibility index (Phi) is 4.51. The van der Waals surface area contributed by atoms with E-state index in [1.165, 1.54) is 22.8 Å². The van der Waals surface area contributed by atoms with E-state index in [1.807, 2.05) is 12.4 Å². The number of hydrogen-bond donors (Lipinski definition) is 1. The lowest BCUT2D eigenvalue weighted by atomic mass is 9.93. The lowest BCUT2D eigenvalue weighted by Crippen LogP contribution is -2.31. The number of aromatic nitrogens is 1. The zero-order valence-corrected chi connectivity index (χ0v) is 12.9. The van der Waals surface area contributed by atoms with E-state index in [9.17, 15) is 0 Å². The van der Waals surface area contributed by atoms with Crippen molar-refractivity contribution in [3.05, 3.63) is 42.2 Å². The van der Waals surface area contributed by atoms with Crippen molar-refractivity contribution < 1.29 is 4.74 Å². The molecule has 0 saturated carbocycles. The second kappa shape index (κ2) is 6.54. The Hall–Kier alpha value is -1.45. The number of fused-ring (bicyclic) bond motifs is 1. The van der Waals surface area contributed by atoms with Crippen molar-refractivity contribution in [2.75, 3.05) is 13.2 Å². The van der Waals surface area contributed by atoms with E-state index in [4.69, 9.17) is 4.74 Å². The van der Waals surface area contributed by atoms with E-state index in [1.54, 1.807) is 0 Å². The predicted octanol–water partition coefficient (Wildman–Crippen LogP) is 3.39. The molecule has 2 atom stereocenters. The standard InChI is InChI=1S/C18H24N2O/c1-13(2)18-15(7-8-21-18)10-20-12-16-11-19-9-14-5-3-4-6-17(14)16/h3-6,9,11,13,15,18,20H,7-8,10,12H2,1-2H3/t15-,18-/m1/s1. The summed E-state index contributed by atoms with van der Waals surface area (Å²) in [7, 11) is 0. The highest BCUT2D eigenvalue weighted by Crippen LogP contribution is 2.26. The molecule has 1 N–H and O–H groups in total. The second-order valence-corrected chi connectivity index (χ2v) is 6.28. The van der Waals surface area contributed by atoms with Crippen LogP contribution in [0.25, 0.3) is 10.8 Å². The summed E-state index contributed by atoms with van der Waals surface area (Å²) >= 11 is 0. The molecule has 0 aliphatic carbocycles. The van der Waals surface area contributed by atoms with Gasteiger partial charge in [0.1, 0.15) is 0 Å². The molecule has 1 aromatic carbocycles. The van der Waals surface area contributed by atoms with Gasteiger partial charge in [0.05, 0.1) is 6.10 Å².